The SMILES string of the molecule is CC(c1ccc(OCCCCOc2ccc(/C=C/C(=O)c3ccccc3)cc2)cc1)(c1ccc(OCCCCOc2ccc(/C=C/C(=O)c3ccccc3)cc2)cc1)c1ccc(OCCCCOc2ccc(/C=C/C(=O)c3ccccc3)cc2)cc1. The largest absolute Gasteiger partial charge is 0.494 e. The number of carbonyl (C=O) groups is 3. The molecule has 0 bridgehead atoms. The van der Waals surface area contributed by atoms with Gasteiger partial charge in [-0.05, 0) is 170 Å². The first kappa shape index (κ1) is 60.6. The summed E-state index contributed by atoms with van der Waals surface area (Å²) in [5.74, 6) is 4.65. The van der Waals surface area contributed by atoms with Crippen molar-refractivity contribution in [3.8, 4) is 34.5 Å². The molecule has 86 heavy (non-hydrogen) atoms. The fourth-order valence-electron chi connectivity index (χ4n) is 9.54. The van der Waals surface area contributed by atoms with Crippen LogP contribution in [0.4, 0.5) is 0 Å². The summed E-state index contributed by atoms with van der Waals surface area (Å²) in [6.07, 6.45) is 15.2. The van der Waals surface area contributed by atoms with Crippen LogP contribution in [0.15, 0.2) is 255 Å². The van der Waals surface area contributed by atoms with Crippen LogP contribution < -0.4 is 28.4 Å². The lowest BCUT2D eigenvalue weighted by Crippen LogP contribution is -2.25. The molecule has 0 saturated carbocycles. The molecule has 0 amide bonds. The molecule has 0 N–H and O–H groups in total. The number of ketones is 3. The molecular weight excluding hydrogens is 1070 g/mol. The van der Waals surface area contributed by atoms with E-state index in [1.54, 1.807) is 18.2 Å². The van der Waals surface area contributed by atoms with Crippen LogP contribution in [-0.4, -0.2) is 57.0 Å². The topological polar surface area (TPSA) is 107 Å². The summed E-state index contributed by atoms with van der Waals surface area (Å²) in [6.45, 7) is 5.62. The quantitative estimate of drug-likeness (QED) is 0.0172. The van der Waals surface area contributed by atoms with Gasteiger partial charge in [0.2, 0.25) is 0 Å². The van der Waals surface area contributed by atoms with E-state index in [0.717, 1.165) is 106 Å². The number of benzene rings is 9. The smallest absolute Gasteiger partial charge is 0.185 e. The standard InChI is InChI=1S/C77H72O9/c1-77(65-32-44-71(45-33-65)84-56-14-11-53-81-68-38-23-59(24-39-68)29-50-74(78)62-17-5-2-6-18-62,66-34-46-72(47-35-66)85-57-15-12-54-82-69-40-25-60(26-41-69)30-51-75(79)63-19-7-3-8-20-63)67-36-48-73(49-37-67)86-58-16-13-55-83-70-42-27-61(28-43-70)31-52-76(80)64-21-9-4-10-22-64/h2-10,17-52H,11-16,53-58H2,1H3/b50-29+,51-30+,52-31+. The number of rotatable bonds is 33. The van der Waals surface area contributed by atoms with Gasteiger partial charge in [-0.1, -0.05) is 182 Å². The van der Waals surface area contributed by atoms with Gasteiger partial charge in [-0.15, -0.1) is 0 Å². The Morgan fingerprint density at radius 3 is 0.686 bits per heavy atom. The second-order valence-electron chi connectivity index (χ2n) is 20.8. The highest BCUT2D eigenvalue weighted by Gasteiger charge is 2.31. The molecule has 9 nitrogen and oxygen atoms in total. The van der Waals surface area contributed by atoms with E-state index in [9.17, 15) is 14.4 Å². The average Bonchev–Trinajstić information content (AvgIpc) is 1.52. The first-order valence-electron chi connectivity index (χ1n) is 29.5. The minimum absolute atomic E-state index is 0.0303. The first-order chi connectivity index (χ1) is 42.2. The summed E-state index contributed by atoms with van der Waals surface area (Å²) in [6, 6.07) is 76.1. The zero-order valence-corrected chi connectivity index (χ0v) is 48.6. The predicted molar refractivity (Wildman–Crippen MR) is 344 cm³/mol. The van der Waals surface area contributed by atoms with Gasteiger partial charge in [-0.25, -0.2) is 0 Å². The second-order valence-corrected chi connectivity index (χ2v) is 20.8. The zero-order chi connectivity index (χ0) is 59.4. The fourth-order valence-corrected chi connectivity index (χ4v) is 9.54. The third-order valence-electron chi connectivity index (χ3n) is 14.6. The molecule has 9 aromatic rings. The molecule has 0 radical (unpaired) electrons. The summed E-state index contributed by atoms with van der Waals surface area (Å²) in [7, 11) is 0. The minimum atomic E-state index is -0.530. The third-order valence-corrected chi connectivity index (χ3v) is 14.6. The molecule has 0 spiro atoms. The van der Waals surface area contributed by atoms with Crippen molar-refractivity contribution in [2.24, 2.45) is 0 Å². The summed E-state index contributed by atoms with van der Waals surface area (Å²) in [5.41, 5.74) is 7.57. The number of hydrogen-bond donors (Lipinski definition) is 0. The molecular formula is C77H72O9. The Morgan fingerprint density at radius 1 is 0.279 bits per heavy atom. The monoisotopic (exact) mass is 1140 g/mol. The molecule has 0 heterocycles. The highest BCUT2D eigenvalue weighted by atomic mass is 16.5. The van der Waals surface area contributed by atoms with Crippen molar-refractivity contribution in [2.75, 3.05) is 39.6 Å². The van der Waals surface area contributed by atoms with Gasteiger partial charge in [0, 0.05) is 22.1 Å². The molecule has 0 saturated heterocycles. The van der Waals surface area contributed by atoms with Crippen molar-refractivity contribution in [1.82, 2.24) is 0 Å². The van der Waals surface area contributed by atoms with Crippen LogP contribution in [0, 0.1) is 0 Å². The Bertz CT molecular complexity index is 3210. The maximum atomic E-state index is 12.5. The van der Waals surface area contributed by atoms with E-state index < -0.39 is 5.41 Å². The maximum Gasteiger partial charge on any atom is 0.185 e. The minimum Gasteiger partial charge on any atom is -0.494 e. The van der Waals surface area contributed by atoms with Gasteiger partial charge in [-0.2, -0.15) is 0 Å². The molecule has 0 aliphatic carbocycles. The number of carbonyl (C=O) groups excluding carboxylic acids is 3. The third kappa shape index (κ3) is 18.5. The van der Waals surface area contributed by atoms with Crippen LogP contribution >= 0.6 is 0 Å². The van der Waals surface area contributed by atoms with Crippen molar-refractivity contribution in [3.63, 3.8) is 0 Å². The van der Waals surface area contributed by atoms with Crippen molar-refractivity contribution < 1.29 is 42.8 Å². The fraction of sp³-hybridized carbons (Fsp3) is 0.182. The van der Waals surface area contributed by atoms with Gasteiger partial charge < -0.3 is 28.4 Å². The average molecular weight is 1140 g/mol. The molecule has 0 fully saturated rings. The molecule has 0 aliphatic heterocycles. The number of unbranched alkanes of at least 4 members (excludes halogenated alkanes) is 3. The van der Waals surface area contributed by atoms with Gasteiger partial charge in [0.05, 0.1) is 39.6 Å². The Balaban J connectivity index is 0.743. The molecule has 9 rings (SSSR count). The highest BCUT2D eigenvalue weighted by molar-refractivity contribution is 6.08. The van der Waals surface area contributed by atoms with Crippen molar-refractivity contribution in [3.05, 3.63) is 305 Å². The summed E-state index contributed by atoms with van der Waals surface area (Å²) < 4.78 is 36.7. The van der Waals surface area contributed by atoms with E-state index in [0.29, 0.717) is 56.3 Å². The van der Waals surface area contributed by atoms with E-state index in [4.69, 9.17) is 28.4 Å². The van der Waals surface area contributed by atoms with Crippen LogP contribution in [0.25, 0.3) is 18.2 Å². The Kier molecular flexibility index (Phi) is 22.7. The van der Waals surface area contributed by atoms with E-state index in [1.165, 1.54) is 0 Å². The van der Waals surface area contributed by atoms with E-state index in [-0.39, 0.29) is 17.3 Å². The van der Waals surface area contributed by atoms with Crippen molar-refractivity contribution in [2.45, 2.75) is 50.9 Å². The van der Waals surface area contributed by atoms with Crippen LogP contribution in [0.3, 0.4) is 0 Å². The summed E-state index contributed by atoms with van der Waals surface area (Å²) in [4.78, 5) is 37.4. The molecule has 0 aliphatic rings. The van der Waals surface area contributed by atoms with Crippen LogP contribution in [0.1, 0.15) is 110 Å². The van der Waals surface area contributed by atoms with Crippen molar-refractivity contribution in [1.29, 1.82) is 0 Å². The Morgan fingerprint density at radius 2 is 0.477 bits per heavy atom. The molecule has 0 atom stereocenters. The van der Waals surface area contributed by atoms with Gasteiger partial charge in [-0.3, -0.25) is 14.4 Å². The lowest BCUT2D eigenvalue weighted by atomic mass is 9.71. The highest BCUT2D eigenvalue weighted by Crippen LogP contribution is 2.41. The number of hydrogen-bond acceptors (Lipinski definition) is 9. The molecule has 9 heteroatoms. The maximum absolute atomic E-state index is 12.5. The van der Waals surface area contributed by atoms with E-state index in [2.05, 4.69) is 43.3 Å². The predicted octanol–water partition coefficient (Wildman–Crippen LogP) is 17.4. The summed E-state index contributed by atoms with van der Waals surface area (Å²) in [5, 5.41) is 0. The molecule has 0 unspecified atom stereocenters. The molecule has 9 aromatic carbocycles. The van der Waals surface area contributed by atoms with Crippen LogP contribution in [0.5, 0.6) is 34.5 Å². The normalized spacial score (nSPS) is 11.4. The van der Waals surface area contributed by atoms with Crippen molar-refractivity contribution >= 4 is 35.6 Å². The number of allylic oxidation sites excluding steroid dienone is 3. The van der Waals surface area contributed by atoms with Crippen LogP contribution in [-0.2, 0) is 5.41 Å². The van der Waals surface area contributed by atoms with E-state index in [1.807, 2.05) is 218 Å². The summed E-state index contributed by atoms with van der Waals surface area (Å²) >= 11 is 0. The number of ether oxygens (including phenoxy) is 6. The Labute approximate surface area is 505 Å². The Hall–Kier alpha value is -9.99. The van der Waals surface area contributed by atoms with Gasteiger partial charge >= 0.3 is 0 Å². The van der Waals surface area contributed by atoms with Gasteiger partial charge in [0.1, 0.15) is 34.5 Å². The second kappa shape index (κ2) is 32.2. The zero-order valence-electron chi connectivity index (χ0n) is 48.6. The van der Waals surface area contributed by atoms with E-state index >= 15 is 0 Å². The molecule has 434 valence electrons. The first-order valence-corrected chi connectivity index (χ1v) is 29.5. The van der Waals surface area contributed by atoms with Gasteiger partial charge in [0.15, 0.2) is 17.3 Å². The lowest BCUT2D eigenvalue weighted by Gasteiger charge is -2.32. The lowest BCUT2D eigenvalue weighted by molar-refractivity contribution is 0.103. The van der Waals surface area contributed by atoms with Gasteiger partial charge in [0.25, 0.3) is 0 Å². The van der Waals surface area contributed by atoms with Crippen LogP contribution in [0.2, 0.25) is 0 Å². The molecule has 0 aromatic heterocycles.